The fraction of sp³-hybridized carbons (Fsp3) is 0.300. The first-order valence-corrected chi connectivity index (χ1v) is 9.28. The van der Waals surface area contributed by atoms with E-state index in [9.17, 15) is 0 Å². The minimum Gasteiger partial charge on any atom is -0.486 e. The lowest BCUT2D eigenvalue weighted by molar-refractivity contribution is 0.172. The molecule has 2 N–H and O–H groups in total. The molecule has 2 aromatic carbocycles. The Hall–Kier alpha value is -3.22. The van der Waals surface area contributed by atoms with Gasteiger partial charge >= 0.3 is 0 Å². The van der Waals surface area contributed by atoms with Gasteiger partial charge in [-0.15, -0.1) is 0 Å². The predicted molar refractivity (Wildman–Crippen MR) is 102 cm³/mol. The van der Waals surface area contributed by atoms with E-state index in [-0.39, 0.29) is 5.41 Å². The lowest BCUT2D eigenvalue weighted by Crippen LogP contribution is -2.20. The van der Waals surface area contributed by atoms with Crippen molar-refractivity contribution in [3.63, 3.8) is 0 Å². The van der Waals surface area contributed by atoms with Gasteiger partial charge in [0, 0.05) is 24.1 Å². The van der Waals surface area contributed by atoms with Gasteiger partial charge in [-0.25, -0.2) is 9.50 Å². The molecule has 3 heterocycles. The normalized spacial score (nSPS) is 17.3. The third-order valence-corrected chi connectivity index (χ3v) is 5.56. The van der Waals surface area contributed by atoms with Crippen LogP contribution in [-0.2, 0) is 5.41 Å². The first kappa shape index (κ1) is 14.9. The van der Waals surface area contributed by atoms with Crippen molar-refractivity contribution in [2.24, 2.45) is 0 Å². The van der Waals surface area contributed by atoms with Gasteiger partial charge in [-0.05, 0) is 18.4 Å². The summed E-state index contributed by atoms with van der Waals surface area (Å²) in [7, 11) is 0. The molecule has 6 rings (SSSR count). The van der Waals surface area contributed by atoms with Gasteiger partial charge in [-0.1, -0.05) is 30.3 Å². The number of nitrogens with zero attached hydrogens (tertiary/aromatic N) is 3. The number of benzene rings is 2. The number of imidazole rings is 1. The molecule has 1 aliphatic heterocycles. The first-order valence-electron chi connectivity index (χ1n) is 9.28. The minimum absolute atomic E-state index is 0.225. The van der Waals surface area contributed by atoms with Crippen LogP contribution >= 0.6 is 0 Å². The molecule has 4 aromatic rings. The van der Waals surface area contributed by atoms with Crippen LogP contribution < -0.4 is 14.8 Å². The molecule has 2 aliphatic rings. The molecule has 1 saturated carbocycles. The second-order valence-corrected chi connectivity index (χ2v) is 7.30. The van der Waals surface area contributed by atoms with Crippen molar-refractivity contribution in [3.8, 4) is 11.5 Å². The summed E-state index contributed by atoms with van der Waals surface area (Å²) in [6.07, 6.45) is 2.41. The number of hydrogen-bond donors (Lipinski definition) is 2. The van der Waals surface area contributed by atoms with E-state index in [1.807, 2.05) is 16.6 Å². The number of H-pyrrole nitrogens is 1. The van der Waals surface area contributed by atoms with Gasteiger partial charge in [0.15, 0.2) is 11.5 Å². The molecular formula is C20H19N5O2. The van der Waals surface area contributed by atoms with E-state index in [2.05, 4.69) is 50.7 Å². The van der Waals surface area contributed by atoms with E-state index in [1.54, 1.807) is 0 Å². The fourth-order valence-corrected chi connectivity index (χ4v) is 3.86. The van der Waals surface area contributed by atoms with Crippen molar-refractivity contribution in [2.45, 2.75) is 18.3 Å². The lowest BCUT2D eigenvalue weighted by atomic mass is 9.96. The number of aromatic amines is 1. The Kier molecular flexibility index (Phi) is 2.97. The molecular weight excluding hydrogens is 342 g/mol. The van der Waals surface area contributed by atoms with Crippen LogP contribution in [0.25, 0.3) is 16.8 Å². The summed E-state index contributed by atoms with van der Waals surface area (Å²) in [6, 6.07) is 14.6. The highest BCUT2D eigenvalue weighted by Crippen LogP contribution is 2.48. The van der Waals surface area contributed by atoms with Crippen LogP contribution in [0.2, 0.25) is 0 Å². The minimum atomic E-state index is 0.225. The monoisotopic (exact) mass is 361 g/mol. The van der Waals surface area contributed by atoms with Gasteiger partial charge < -0.3 is 14.8 Å². The third kappa shape index (κ3) is 2.34. The van der Waals surface area contributed by atoms with E-state index in [0.29, 0.717) is 19.0 Å². The Morgan fingerprint density at radius 1 is 1.04 bits per heavy atom. The molecule has 0 bridgehead atoms. The van der Waals surface area contributed by atoms with Crippen molar-refractivity contribution in [1.29, 1.82) is 0 Å². The van der Waals surface area contributed by atoms with Crippen LogP contribution in [-0.4, -0.2) is 39.3 Å². The van der Waals surface area contributed by atoms with Crippen LogP contribution in [0.15, 0.2) is 42.5 Å². The molecule has 7 nitrogen and oxygen atoms in total. The standard InChI is InChI=1S/C20H19N5O2/c1-2-4-13(5-3-1)20(6-7-20)12-21-18-23-19-22-14-10-16-17(27-9-8-26-16)11-15(14)25(19)24-18/h1-5,10-11H,6-9,12H2,(H2,21,22,23,24). The van der Waals surface area contributed by atoms with Crippen molar-refractivity contribution in [2.75, 3.05) is 25.1 Å². The topological polar surface area (TPSA) is 76.5 Å². The second-order valence-electron chi connectivity index (χ2n) is 7.30. The smallest absolute Gasteiger partial charge is 0.253 e. The average Bonchev–Trinajstić information content (AvgIpc) is 3.30. The van der Waals surface area contributed by atoms with Crippen LogP contribution in [0.3, 0.4) is 0 Å². The molecule has 0 saturated heterocycles. The van der Waals surface area contributed by atoms with Crippen molar-refractivity contribution in [3.05, 3.63) is 48.0 Å². The number of rotatable bonds is 4. The molecule has 27 heavy (non-hydrogen) atoms. The number of hydrogen-bond acceptors (Lipinski definition) is 5. The molecule has 1 fully saturated rings. The van der Waals surface area contributed by atoms with Gasteiger partial charge in [0.25, 0.3) is 5.78 Å². The summed E-state index contributed by atoms with van der Waals surface area (Å²) in [4.78, 5) is 9.21. The van der Waals surface area contributed by atoms with Crippen LogP contribution in [0.5, 0.6) is 11.5 Å². The van der Waals surface area contributed by atoms with E-state index in [4.69, 9.17) is 9.47 Å². The Morgan fingerprint density at radius 3 is 2.59 bits per heavy atom. The van der Waals surface area contributed by atoms with Gasteiger partial charge in [-0.3, -0.25) is 5.10 Å². The Labute approximate surface area is 155 Å². The summed E-state index contributed by atoms with van der Waals surface area (Å²) < 4.78 is 13.2. The summed E-state index contributed by atoms with van der Waals surface area (Å²) >= 11 is 0. The molecule has 0 spiro atoms. The number of anilines is 1. The largest absolute Gasteiger partial charge is 0.486 e. The van der Waals surface area contributed by atoms with E-state index < -0.39 is 0 Å². The Bertz CT molecular complexity index is 1140. The lowest BCUT2D eigenvalue weighted by Gasteiger charge is -2.17. The molecule has 2 aromatic heterocycles. The molecule has 1 aliphatic carbocycles. The van der Waals surface area contributed by atoms with Crippen molar-refractivity contribution < 1.29 is 9.47 Å². The van der Waals surface area contributed by atoms with Gasteiger partial charge in [-0.2, -0.15) is 4.98 Å². The molecule has 0 unspecified atom stereocenters. The zero-order chi connectivity index (χ0) is 17.8. The van der Waals surface area contributed by atoms with Crippen molar-refractivity contribution >= 4 is 22.8 Å². The third-order valence-electron chi connectivity index (χ3n) is 5.56. The molecule has 0 atom stereocenters. The van der Waals surface area contributed by atoms with E-state index in [1.165, 1.54) is 18.4 Å². The molecule has 0 amide bonds. The SMILES string of the molecule is c1ccc(C2(CNc3nc4nc5cc6c(cc5n4[nH]3)OCCO6)CC2)cc1. The fourth-order valence-electron chi connectivity index (χ4n) is 3.86. The predicted octanol–water partition coefficient (Wildman–Crippen LogP) is 3.13. The van der Waals surface area contributed by atoms with Gasteiger partial charge in [0.1, 0.15) is 13.2 Å². The maximum Gasteiger partial charge on any atom is 0.253 e. The zero-order valence-corrected chi connectivity index (χ0v) is 14.7. The number of ether oxygens (including phenoxy) is 2. The Morgan fingerprint density at radius 2 is 1.81 bits per heavy atom. The maximum atomic E-state index is 5.69. The zero-order valence-electron chi connectivity index (χ0n) is 14.7. The van der Waals surface area contributed by atoms with E-state index >= 15 is 0 Å². The first-order chi connectivity index (χ1) is 13.3. The highest BCUT2D eigenvalue weighted by Gasteiger charge is 2.44. The maximum absolute atomic E-state index is 5.69. The summed E-state index contributed by atoms with van der Waals surface area (Å²) in [5.74, 6) is 2.86. The van der Waals surface area contributed by atoms with Crippen LogP contribution in [0, 0.1) is 0 Å². The second kappa shape index (κ2) is 5.39. The van der Waals surface area contributed by atoms with Crippen LogP contribution in [0.1, 0.15) is 18.4 Å². The number of nitrogens with one attached hydrogen (secondary N) is 2. The Balaban J connectivity index is 1.30. The van der Waals surface area contributed by atoms with E-state index in [0.717, 1.165) is 35.0 Å². The van der Waals surface area contributed by atoms with Crippen molar-refractivity contribution in [1.82, 2.24) is 19.6 Å². The molecule has 7 heteroatoms. The molecule has 136 valence electrons. The number of aromatic nitrogens is 4. The highest BCUT2D eigenvalue weighted by atomic mass is 16.6. The average molecular weight is 361 g/mol. The van der Waals surface area contributed by atoms with Crippen LogP contribution in [0.4, 0.5) is 5.95 Å². The highest BCUT2D eigenvalue weighted by molar-refractivity contribution is 5.83. The molecule has 0 radical (unpaired) electrons. The summed E-state index contributed by atoms with van der Waals surface area (Å²) in [5.41, 5.74) is 3.39. The number of fused-ring (bicyclic) bond motifs is 4. The quantitative estimate of drug-likeness (QED) is 0.584. The van der Waals surface area contributed by atoms with Gasteiger partial charge in [0.05, 0.1) is 11.0 Å². The van der Waals surface area contributed by atoms with Gasteiger partial charge in [0.2, 0.25) is 5.95 Å². The summed E-state index contributed by atoms with van der Waals surface area (Å²) in [5, 5.41) is 6.78. The summed E-state index contributed by atoms with van der Waals surface area (Å²) in [6.45, 7) is 2.00.